The lowest BCUT2D eigenvalue weighted by atomic mass is 9.47. The normalized spacial score (nSPS) is 34.2. The number of benzene rings is 2. The van der Waals surface area contributed by atoms with Crippen molar-refractivity contribution in [1.29, 1.82) is 0 Å². The van der Waals surface area contributed by atoms with Crippen molar-refractivity contribution in [2.45, 2.75) is 110 Å². The number of aromatic amines is 1. The van der Waals surface area contributed by atoms with E-state index in [2.05, 4.69) is 31.0 Å². The number of esters is 1. The number of carboxylic acid groups (broad SMARTS) is 1. The van der Waals surface area contributed by atoms with Crippen molar-refractivity contribution in [3.05, 3.63) is 105 Å². The second-order valence-electron chi connectivity index (χ2n) is 23.5. The second-order valence-corrected chi connectivity index (χ2v) is 26.0. The second kappa shape index (κ2) is 20.3. The number of carbonyl (C=O) groups excluding carboxylic acids is 5. The van der Waals surface area contributed by atoms with Gasteiger partial charge in [0, 0.05) is 94.5 Å². The van der Waals surface area contributed by atoms with E-state index in [0.29, 0.717) is 86.7 Å². The maximum Gasteiger partial charge on any atom is 0.426 e. The molecule has 2 bridgehead atoms. The smallest absolute Gasteiger partial charge is 0.426 e. The number of β-lactam (4-membered cyclic amide) rings is 1. The number of carboxylic acids is 1. The highest BCUT2D eigenvalue weighted by molar-refractivity contribution is 7.86. The summed E-state index contributed by atoms with van der Waals surface area (Å²) in [5.74, 6) is -4.86. The highest BCUT2D eigenvalue weighted by Gasteiger charge is 2.79. The Morgan fingerprint density at radius 2 is 1.77 bits per heavy atom. The Bertz CT molecular complexity index is 3420. The molecule has 8 N–H and O–H groups in total. The number of thiophene rings is 1. The first-order valence-electron chi connectivity index (χ1n) is 27.9. The van der Waals surface area contributed by atoms with E-state index in [9.17, 15) is 43.8 Å². The van der Waals surface area contributed by atoms with Crippen molar-refractivity contribution in [3.63, 3.8) is 0 Å². The number of methoxy groups -OCH3 is 2. The van der Waals surface area contributed by atoms with Gasteiger partial charge in [-0.25, -0.2) is 15.0 Å². The third-order valence-corrected chi connectivity index (χ3v) is 22.0. The number of hydrogen-bond donors (Lipinski definition) is 8. The lowest BCUT2D eigenvalue weighted by Crippen LogP contribution is -2.82. The number of piperidine rings is 1. The number of aliphatic hydroxyl groups excluding tert-OH is 1. The number of hydrazine groups is 1. The Balaban J connectivity index is 0.893. The molecule has 22 nitrogen and oxygen atoms in total. The number of aliphatic hydroxyl groups is 3. The van der Waals surface area contributed by atoms with Crippen LogP contribution in [0, 0.1) is 11.3 Å². The number of hydrogen-bond acceptors (Lipinski definition) is 17. The Morgan fingerprint density at radius 1 is 0.976 bits per heavy atom. The maximum absolute atomic E-state index is 15.5. The van der Waals surface area contributed by atoms with Crippen LogP contribution in [0.1, 0.15) is 73.2 Å². The monoisotopic (exact) mass is 1160 g/mol. The fraction of sp³-hybridized carbons (Fsp3) is 0.517. The predicted molar refractivity (Wildman–Crippen MR) is 300 cm³/mol. The molecular weight excluding hydrogens is 1100 g/mol. The van der Waals surface area contributed by atoms with Crippen molar-refractivity contribution in [2.24, 2.45) is 11.3 Å². The molecule has 2 aromatic carbocycles. The van der Waals surface area contributed by atoms with E-state index in [0.717, 1.165) is 26.2 Å². The van der Waals surface area contributed by atoms with Gasteiger partial charge in [-0.15, -0.1) is 11.3 Å². The number of nitrogens with zero attached hydrogens (tertiary/aromatic N) is 4. The molecule has 13 atom stereocenters. The summed E-state index contributed by atoms with van der Waals surface area (Å²) in [6, 6.07) is 12.3. The maximum atomic E-state index is 15.5. The van der Waals surface area contributed by atoms with Crippen molar-refractivity contribution >= 4 is 74.5 Å². The number of amides is 4. The van der Waals surface area contributed by atoms with E-state index in [1.807, 2.05) is 62.4 Å². The molecule has 7 aliphatic heterocycles. The first-order valence-corrected chi connectivity index (χ1v) is 30.1. The van der Waals surface area contributed by atoms with Gasteiger partial charge in [0.05, 0.1) is 48.8 Å². The average Bonchev–Trinajstić information content (AvgIpc) is 1.57. The number of H-pyrrole nitrogens is 1. The number of rotatable bonds is 12. The molecule has 1 aliphatic carbocycles. The van der Waals surface area contributed by atoms with Crippen LogP contribution in [0.4, 0.5) is 10.5 Å². The number of ether oxygens (including phenoxy) is 3. The highest BCUT2D eigenvalue weighted by atomic mass is 32.2. The molecule has 2 unspecified atom stereocenters. The van der Waals surface area contributed by atoms with Crippen molar-refractivity contribution in [2.75, 3.05) is 71.3 Å². The molecule has 2 aromatic heterocycles. The van der Waals surface area contributed by atoms with Crippen LogP contribution < -0.4 is 25.8 Å². The molecule has 1 spiro atoms. The van der Waals surface area contributed by atoms with Gasteiger partial charge in [-0.2, -0.15) is 0 Å². The minimum absolute atomic E-state index is 0.0273. The highest BCUT2D eigenvalue weighted by Crippen LogP contribution is 2.67. The molecule has 4 aromatic rings. The first-order chi connectivity index (χ1) is 39.2. The summed E-state index contributed by atoms with van der Waals surface area (Å²) in [6.07, 6.45) is 3.08. The fourth-order valence-corrected chi connectivity index (χ4v) is 18.6. The number of fused-ring (bicyclic) bond motifs is 7. The van der Waals surface area contributed by atoms with Gasteiger partial charge in [0.1, 0.15) is 41.0 Å². The lowest BCUT2D eigenvalue weighted by molar-refractivity contribution is -0.204. The van der Waals surface area contributed by atoms with Crippen LogP contribution in [0.25, 0.3) is 10.9 Å². The topological polar surface area (TPSA) is 293 Å². The molecule has 3 saturated heterocycles. The number of para-hydroxylation sites is 1. The van der Waals surface area contributed by atoms with Gasteiger partial charge in [0.15, 0.2) is 5.60 Å². The summed E-state index contributed by atoms with van der Waals surface area (Å²) in [7, 11) is 2.70. The number of nitrogens with one attached hydrogen (secondary N) is 4. The third-order valence-electron chi connectivity index (χ3n) is 19.5. The zero-order chi connectivity index (χ0) is 58.0. The standard InChI is InChI=1S/C58H68N8O14S2/c1-6-54(75)25-31-26-57(52(73)79-5,44-35(15-19-64(27-31)30-54)34-13-8-9-14-38(34)59-44)37-23-36-39(24-40(37)78-4)63(3)49-56(36)17-20-65-18-11-16-55(7-2,48(56)65)50(71)58(49,76)51(72)61-62-53(74)80-28-32-29-82(77)46-42(45(68)66(46)43(32)47(69)70)60-41(67)22-33-12-10-21-81-33/h8-14,16,21,23-24,31,42,46,48-50,59,71,75-76H,6-7,15,17-20,22,25-30H2,1-5H3,(H,60,67)(H,61,72)(H,62,74)(H,69,70)/t31-,42-,46-,48+,49-,50-,54+,55-,56-,57+,58+,82?/m1/s1. The summed E-state index contributed by atoms with van der Waals surface area (Å²) in [4.78, 5) is 94.9. The number of carbonyl (C=O) groups is 6. The van der Waals surface area contributed by atoms with Crippen molar-refractivity contribution in [3.8, 4) is 5.75 Å². The summed E-state index contributed by atoms with van der Waals surface area (Å²) in [5.41, 5.74) is 0.280. The Labute approximate surface area is 479 Å². The van der Waals surface area contributed by atoms with E-state index in [1.165, 1.54) is 25.6 Å². The molecule has 12 rings (SSSR count). The van der Waals surface area contributed by atoms with E-state index in [-0.39, 0.29) is 30.8 Å². The Morgan fingerprint density at radius 3 is 2.49 bits per heavy atom. The van der Waals surface area contributed by atoms with Crippen LogP contribution >= 0.6 is 11.3 Å². The van der Waals surface area contributed by atoms with Crippen LogP contribution in [0.5, 0.6) is 5.75 Å². The molecule has 0 radical (unpaired) electrons. The minimum Gasteiger partial charge on any atom is -0.496 e. The number of aromatic nitrogens is 1. The van der Waals surface area contributed by atoms with Crippen LogP contribution in [0.3, 0.4) is 0 Å². The van der Waals surface area contributed by atoms with Crippen LogP contribution in [-0.2, 0) is 67.9 Å². The van der Waals surface area contributed by atoms with Gasteiger partial charge in [0.2, 0.25) is 5.91 Å². The average molecular weight is 1170 g/mol. The third kappa shape index (κ3) is 8.05. The van der Waals surface area contributed by atoms with Gasteiger partial charge in [0.25, 0.3) is 11.8 Å². The minimum atomic E-state index is -2.71. The van der Waals surface area contributed by atoms with Gasteiger partial charge in [-0.1, -0.05) is 50.3 Å². The van der Waals surface area contributed by atoms with Crippen LogP contribution in [-0.4, -0.2) is 187 Å². The van der Waals surface area contributed by atoms with E-state index >= 15 is 9.59 Å². The molecular formula is C58H68N8O14S2. The predicted octanol–water partition coefficient (Wildman–Crippen LogP) is 2.06. The zero-order valence-electron chi connectivity index (χ0n) is 46.2. The molecule has 82 heavy (non-hydrogen) atoms. The van der Waals surface area contributed by atoms with Crippen LogP contribution in [0.15, 0.2) is 77.3 Å². The molecule has 436 valence electrons. The molecule has 8 aliphatic rings. The van der Waals surface area contributed by atoms with Gasteiger partial charge in [-0.3, -0.25) is 43.5 Å². The summed E-state index contributed by atoms with van der Waals surface area (Å²) >= 11 is 1.35. The molecule has 4 fully saturated rings. The largest absolute Gasteiger partial charge is 0.496 e. The molecule has 9 heterocycles. The van der Waals surface area contributed by atoms with E-state index in [1.54, 1.807) is 29.5 Å². The van der Waals surface area contributed by atoms with Gasteiger partial charge in [-0.05, 0) is 85.7 Å². The molecule has 24 heteroatoms. The fourth-order valence-electron chi connectivity index (χ4n) is 16.2. The first kappa shape index (κ1) is 55.8. The van der Waals surface area contributed by atoms with E-state index < -0.39 is 122 Å². The number of aliphatic carboxylic acids is 1. The van der Waals surface area contributed by atoms with Crippen molar-refractivity contribution in [1.82, 2.24) is 35.9 Å². The number of anilines is 1. The number of likely N-dealkylation sites (N-methyl/N-ethyl adjacent to an activating group) is 1. The molecule has 1 saturated carbocycles. The Hall–Kier alpha value is -6.67. The SMILES string of the molecule is CC[C@]1(O)C[C@H]2CN(CCc3c([nH]c4ccccc34)[C@@](C(=O)OC)(c3cc4c(cc3OC)N(C)[C@H]3[C@@](O)(C(=O)NNC(=O)OCC5=C(C(=O)O)N6C(=O)[C@@H](NC(=O)Cc7cccs7)[C@H]6S(=O)C5)[C@H](O)[C@]5(CC)C=CCN6CC[C@]43[C@@H]65)C2)C1. The van der Waals surface area contributed by atoms with Gasteiger partial charge >= 0.3 is 18.0 Å². The summed E-state index contributed by atoms with van der Waals surface area (Å²) < 4.78 is 31.4. The quantitative estimate of drug-likeness (QED) is 0.0436. The van der Waals surface area contributed by atoms with Gasteiger partial charge < -0.3 is 49.8 Å². The van der Waals surface area contributed by atoms with E-state index in [4.69, 9.17) is 14.2 Å². The zero-order valence-corrected chi connectivity index (χ0v) is 47.8. The summed E-state index contributed by atoms with van der Waals surface area (Å²) in [5, 5.41) is 53.2. The van der Waals surface area contributed by atoms with Crippen LogP contribution in [0.2, 0.25) is 0 Å². The Kier molecular flexibility index (Phi) is 13.8. The van der Waals surface area contributed by atoms with Crippen molar-refractivity contribution < 1.29 is 67.6 Å². The lowest BCUT2D eigenvalue weighted by Gasteiger charge is -2.63. The molecule has 4 amide bonds. The summed E-state index contributed by atoms with van der Waals surface area (Å²) in [6.45, 7) is 5.87.